The van der Waals surface area contributed by atoms with Gasteiger partial charge in [-0.1, -0.05) is 0 Å². The van der Waals surface area contributed by atoms with Crippen molar-refractivity contribution in [3.63, 3.8) is 0 Å². The SMILES string of the molecule is [C-]1=NCCO1.[Li+]. The van der Waals surface area contributed by atoms with Crippen molar-refractivity contribution in [3.8, 4) is 0 Å². The summed E-state index contributed by atoms with van der Waals surface area (Å²) in [5.74, 6) is 0. The molecule has 1 heterocycles. The molecule has 1 aliphatic rings. The molecule has 0 aromatic heterocycles. The van der Waals surface area contributed by atoms with E-state index in [2.05, 4.69) is 16.1 Å². The van der Waals surface area contributed by atoms with Gasteiger partial charge in [-0.2, -0.15) is 0 Å². The minimum absolute atomic E-state index is 0. The predicted octanol–water partition coefficient (Wildman–Crippen LogP) is -3.07. The first-order chi connectivity index (χ1) is 2.50. The Morgan fingerprint density at radius 2 is 2.50 bits per heavy atom. The van der Waals surface area contributed by atoms with E-state index in [-0.39, 0.29) is 18.9 Å². The Balaban J connectivity index is 0.000000250. The fourth-order valence-electron chi connectivity index (χ4n) is 0.228. The molecule has 0 aromatic rings. The van der Waals surface area contributed by atoms with E-state index in [9.17, 15) is 0 Å². The van der Waals surface area contributed by atoms with E-state index in [1.807, 2.05) is 0 Å². The largest absolute Gasteiger partial charge is 1.00 e. The molecule has 0 fully saturated rings. The van der Waals surface area contributed by atoms with Gasteiger partial charge in [-0.15, -0.1) is 0 Å². The summed E-state index contributed by atoms with van der Waals surface area (Å²) < 4.78 is 4.53. The van der Waals surface area contributed by atoms with E-state index in [4.69, 9.17) is 0 Å². The molecule has 0 radical (unpaired) electrons. The molecule has 0 aromatic carbocycles. The van der Waals surface area contributed by atoms with Crippen molar-refractivity contribution in [1.29, 1.82) is 0 Å². The number of aliphatic imine (C=N–C) groups is 1. The number of hydrogen-bond donors (Lipinski definition) is 0. The molecule has 0 atom stereocenters. The summed E-state index contributed by atoms with van der Waals surface area (Å²) in [5.41, 5.74) is 0. The van der Waals surface area contributed by atoms with Crippen molar-refractivity contribution in [2.45, 2.75) is 0 Å². The van der Waals surface area contributed by atoms with Gasteiger partial charge in [0, 0.05) is 6.54 Å². The first-order valence-corrected chi connectivity index (χ1v) is 1.53. The van der Waals surface area contributed by atoms with Crippen LogP contribution >= 0.6 is 0 Å². The van der Waals surface area contributed by atoms with Crippen LogP contribution in [0.3, 0.4) is 0 Å². The second-order valence-electron chi connectivity index (χ2n) is 0.821. The summed E-state index contributed by atoms with van der Waals surface area (Å²) >= 11 is 0. The molecule has 0 spiro atoms. The van der Waals surface area contributed by atoms with E-state index in [0.29, 0.717) is 0 Å². The first-order valence-electron chi connectivity index (χ1n) is 1.53. The van der Waals surface area contributed by atoms with Gasteiger partial charge in [-0.25, -0.2) is 6.40 Å². The molecule has 0 amide bonds. The minimum atomic E-state index is 0. The molecule has 0 saturated heterocycles. The summed E-state index contributed by atoms with van der Waals surface area (Å²) in [6.07, 6.45) is 2.35. The smallest absolute Gasteiger partial charge is 0.674 e. The summed E-state index contributed by atoms with van der Waals surface area (Å²) in [6, 6.07) is 0. The third-order valence-electron chi connectivity index (χ3n) is 0.434. The van der Waals surface area contributed by atoms with Crippen molar-refractivity contribution in [2.75, 3.05) is 13.2 Å². The van der Waals surface area contributed by atoms with E-state index in [1.165, 1.54) is 0 Å². The van der Waals surface area contributed by atoms with E-state index in [1.54, 1.807) is 0 Å². The summed E-state index contributed by atoms with van der Waals surface area (Å²) in [4.78, 5) is 3.61. The van der Waals surface area contributed by atoms with Crippen molar-refractivity contribution < 1.29 is 23.6 Å². The Morgan fingerprint density at radius 3 is 2.67 bits per heavy atom. The van der Waals surface area contributed by atoms with Crippen LogP contribution in [0, 0.1) is 0 Å². The molecule has 0 saturated carbocycles. The van der Waals surface area contributed by atoms with Crippen LogP contribution in [-0.4, -0.2) is 19.6 Å². The monoisotopic (exact) mass is 77.0 g/mol. The Bertz CT molecular complexity index is 48.8. The molecule has 0 unspecified atom stereocenters. The molecule has 28 valence electrons. The molecule has 2 nitrogen and oxygen atoms in total. The average molecular weight is 77.0 g/mol. The van der Waals surface area contributed by atoms with Gasteiger partial charge in [0.2, 0.25) is 0 Å². The van der Waals surface area contributed by atoms with Gasteiger partial charge in [0.05, 0.1) is 6.61 Å². The number of nitrogens with zero attached hydrogens (tertiary/aromatic N) is 1. The summed E-state index contributed by atoms with van der Waals surface area (Å²) in [5, 5.41) is 0. The van der Waals surface area contributed by atoms with Crippen LogP contribution in [0.25, 0.3) is 0 Å². The van der Waals surface area contributed by atoms with Crippen LogP contribution < -0.4 is 18.9 Å². The molecule has 0 N–H and O–H groups in total. The van der Waals surface area contributed by atoms with Crippen molar-refractivity contribution in [1.82, 2.24) is 0 Å². The maximum absolute atomic E-state index is 4.53. The summed E-state index contributed by atoms with van der Waals surface area (Å²) in [7, 11) is 0. The molecule has 1 rings (SSSR count). The topological polar surface area (TPSA) is 21.6 Å². The molecular formula is C3H4LiNO. The van der Waals surface area contributed by atoms with Crippen LogP contribution in [0.4, 0.5) is 0 Å². The predicted molar refractivity (Wildman–Crippen MR) is 18.3 cm³/mol. The molecular weight excluding hydrogens is 73.0 g/mol. The van der Waals surface area contributed by atoms with Gasteiger partial charge in [0.25, 0.3) is 0 Å². The van der Waals surface area contributed by atoms with Gasteiger partial charge < -0.3 is 9.73 Å². The summed E-state index contributed by atoms with van der Waals surface area (Å²) in [6.45, 7) is 1.51. The van der Waals surface area contributed by atoms with Gasteiger partial charge in [-0.3, -0.25) is 0 Å². The Morgan fingerprint density at radius 1 is 1.67 bits per heavy atom. The Kier molecular flexibility index (Phi) is 3.30. The standard InChI is InChI=1S/C3H4NO.Li/c1-2-5-3-4-1;/h1-2H2;/q-1;+1. The average Bonchev–Trinajstić information content (AvgIpc) is 1.76. The fraction of sp³-hybridized carbons (Fsp3) is 0.667. The van der Waals surface area contributed by atoms with Crippen molar-refractivity contribution in [3.05, 3.63) is 0 Å². The van der Waals surface area contributed by atoms with Gasteiger partial charge in [-0.05, 0) is 0 Å². The van der Waals surface area contributed by atoms with Gasteiger partial charge >= 0.3 is 18.9 Å². The molecule has 6 heavy (non-hydrogen) atoms. The second-order valence-corrected chi connectivity index (χ2v) is 0.821. The third-order valence-corrected chi connectivity index (χ3v) is 0.434. The zero-order chi connectivity index (χ0) is 3.54. The third kappa shape index (κ3) is 1.49. The van der Waals surface area contributed by atoms with Crippen LogP contribution in [0.1, 0.15) is 0 Å². The maximum atomic E-state index is 4.53. The number of ether oxygens (including phenoxy) is 1. The minimum Gasteiger partial charge on any atom is -0.674 e. The molecule has 1 aliphatic heterocycles. The Hall–Kier alpha value is 0.0674. The molecule has 0 bridgehead atoms. The number of rotatable bonds is 0. The van der Waals surface area contributed by atoms with Crippen molar-refractivity contribution in [2.24, 2.45) is 4.99 Å². The molecule has 0 aliphatic carbocycles. The second kappa shape index (κ2) is 3.26. The van der Waals surface area contributed by atoms with Gasteiger partial charge in [0.1, 0.15) is 0 Å². The zero-order valence-corrected chi connectivity index (χ0v) is 3.77. The number of hydrogen-bond acceptors (Lipinski definition) is 2. The first kappa shape index (κ1) is 6.07. The van der Waals surface area contributed by atoms with E-state index >= 15 is 0 Å². The quantitative estimate of drug-likeness (QED) is 0.222. The zero-order valence-electron chi connectivity index (χ0n) is 3.77. The van der Waals surface area contributed by atoms with E-state index < -0.39 is 0 Å². The van der Waals surface area contributed by atoms with Crippen LogP contribution in [0.5, 0.6) is 0 Å². The normalized spacial score (nSPS) is 16.0. The Labute approximate surface area is 48.8 Å². The van der Waals surface area contributed by atoms with Crippen molar-refractivity contribution >= 4 is 6.40 Å². The van der Waals surface area contributed by atoms with E-state index in [0.717, 1.165) is 13.2 Å². The van der Waals surface area contributed by atoms with Crippen LogP contribution in [-0.2, 0) is 4.74 Å². The fourth-order valence-corrected chi connectivity index (χ4v) is 0.228. The maximum Gasteiger partial charge on any atom is 1.00 e. The van der Waals surface area contributed by atoms with Gasteiger partial charge in [0.15, 0.2) is 0 Å². The molecule has 3 heteroatoms. The van der Waals surface area contributed by atoms with Crippen LogP contribution in [0.15, 0.2) is 4.99 Å². The van der Waals surface area contributed by atoms with Crippen LogP contribution in [0.2, 0.25) is 0 Å².